The molecule has 1 rings (SSSR count). The van der Waals surface area contributed by atoms with E-state index in [1.807, 2.05) is 0 Å². The van der Waals surface area contributed by atoms with Crippen LogP contribution in [0.3, 0.4) is 0 Å². The van der Waals surface area contributed by atoms with Crippen molar-refractivity contribution in [2.24, 2.45) is 11.8 Å². The van der Waals surface area contributed by atoms with Gasteiger partial charge in [-0.25, -0.2) is 5.48 Å². The van der Waals surface area contributed by atoms with Gasteiger partial charge in [0.1, 0.15) is 0 Å². The van der Waals surface area contributed by atoms with E-state index < -0.39 is 0 Å². The van der Waals surface area contributed by atoms with Crippen LogP contribution < -0.4 is 5.48 Å². The first-order valence-corrected chi connectivity index (χ1v) is 4.65. The van der Waals surface area contributed by atoms with E-state index in [-0.39, 0.29) is 0 Å². The van der Waals surface area contributed by atoms with Crippen LogP contribution in [0.1, 0.15) is 26.7 Å². The summed E-state index contributed by atoms with van der Waals surface area (Å²) in [5.74, 6) is 1.49. The van der Waals surface area contributed by atoms with Crippen LogP contribution in [-0.2, 0) is 4.84 Å². The molecule has 0 amide bonds. The molecule has 1 N–H and O–H groups in total. The van der Waals surface area contributed by atoms with Crippen LogP contribution in [0.4, 0.5) is 0 Å². The van der Waals surface area contributed by atoms with Crippen LogP contribution in [0.25, 0.3) is 0 Å². The Hall–Kier alpha value is -0.340. The Balaban J connectivity index is 2.34. The first-order valence-electron chi connectivity index (χ1n) is 4.65. The molecular formula is C10H19NO. The van der Waals surface area contributed by atoms with E-state index in [0.717, 1.165) is 18.4 Å². The Kier molecular flexibility index (Phi) is 3.76. The molecule has 1 aliphatic rings. The van der Waals surface area contributed by atoms with Crippen molar-refractivity contribution in [1.29, 1.82) is 0 Å². The van der Waals surface area contributed by atoms with Crippen LogP contribution in [-0.4, -0.2) is 13.7 Å². The number of rotatable bonds is 3. The second-order valence-electron chi connectivity index (χ2n) is 3.85. The summed E-state index contributed by atoms with van der Waals surface area (Å²) >= 11 is 0. The number of allylic oxidation sites excluding steroid dienone is 2. The van der Waals surface area contributed by atoms with Crippen molar-refractivity contribution in [3.63, 3.8) is 0 Å². The fourth-order valence-corrected chi connectivity index (χ4v) is 2.04. The van der Waals surface area contributed by atoms with Crippen molar-refractivity contribution < 1.29 is 4.84 Å². The maximum Gasteiger partial charge on any atom is 0.0572 e. The number of nitrogens with one attached hydrogen (secondary N) is 1. The molecule has 2 heteroatoms. The fraction of sp³-hybridized carbons (Fsp3) is 0.800. The quantitative estimate of drug-likeness (QED) is 0.516. The standard InChI is InChI=1S/C10H19NO/c1-8-4-9(2)6-10(5-8)7-11-12-3/h4,8,10-11H,5-7H2,1-3H3. The molecule has 0 aromatic rings. The molecule has 2 atom stereocenters. The average Bonchev–Trinajstić information content (AvgIpc) is 1.99. The largest absolute Gasteiger partial charge is 0.305 e. The van der Waals surface area contributed by atoms with E-state index in [0.29, 0.717) is 0 Å². The van der Waals surface area contributed by atoms with Gasteiger partial charge in [0.05, 0.1) is 7.11 Å². The van der Waals surface area contributed by atoms with E-state index in [1.54, 1.807) is 7.11 Å². The molecule has 0 aromatic heterocycles. The molecule has 0 heterocycles. The highest BCUT2D eigenvalue weighted by Gasteiger charge is 2.17. The molecule has 0 spiro atoms. The molecule has 0 aliphatic heterocycles. The van der Waals surface area contributed by atoms with E-state index in [9.17, 15) is 0 Å². The Morgan fingerprint density at radius 2 is 2.42 bits per heavy atom. The van der Waals surface area contributed by atoms with Crippen molar-refractivity contribution in [3.8, 4) is 0 Å². The van der Waals surface area contributed by atoms with Gasteiger partial charge in [-0.05, 0) is 31.6 Å². The lowest BCUT2D eigenvalue weighted by Crippen LogP contribution is -2.25. The van der Waals surface area contributed by atoms with Gasteiger partial charge in [-0.3, -0.25) is 0 Å². The zero-order valence-corrected chi connectivity index (χ0v) is 8.26. The highest BCUT2D eigenvalue weighted by atomic mass is 16.6. The molecule has 0 saturated heterocycles. The van der Waals surface area contributed by atoms with Gasteiger partial charge in [-0.2, -0.15) is 0 Å². The first kappa shape index (κ1) is 9.75. The van der Waals surface area contributed by atoms with Gasteiger partial charge < -0.3 is 4.84 Å². The van der Waals surface area contributed by atoms with Gasteiger partial charge in [0.15, 0.2) is 0 Å². The predicted octanol–water partition coefficient (Wildman–Crippen LogP) is 2.13. The molecule has 12 heavy (non-hydrogen) atoms. The SMILES string of the molecule is CONCC1CC(C)=CC(C)C1. The van der Waals surface area contributed by atoms with Crippen molar-refractivity contribution in [3.05, 3.63) is 11.6 Å². The first-order chi connectivity index (χ1) is 5.72. The fourth-order valence-electron chi connectivity index (χ4n) is 2.04. The number of hydroxylamine groups is 1. The van der Waals surface area contributed by atoms with Crippen LogP contribution in [0, 0.1) is 11.8 Å². The summed E-state index contributed by atoms with van der Waals surface area (Å²) in [5, 5.41) is 0. The van der Waals surface area contributed by atoms with Crippen molar-refractivity contribution in [2.45, 2.75) is 26.7 Å². The highest BCUT2D eigenvalue weighted by Crippen LogP contribution is 2.26. The lowest BCUT2D eigenvalue weighted by molar-refractivity contribution is 0.0765. The molecule has 0 aromatic carbocycles. The normalized spacial score (nSPS) is 30.1. The van der Waals surface area contributed by atoms with Gasteiger partial charge in [0, 0.05) is 6.54 Å². The van der Waals surface area contributed by atoms with E-state index in [4.69, 9.17) is 4.84 Å². The zero-order valence-electron chi connectivity index (χ0n) is 8.26. The van der Waals surface area contributed by atoms with Crippen molar-refractivity contribution in [1.82, 2.24) is 5.48 Å². The summed E-state index contributed by atoms with van der Waals surface area (Å²) in [6, 6.07) is 0. The summed E-state index contributed by atoms with van der Waals surface area (Å²) in [7, 11) is 1.68. The summed E-state index contributed by atoms with van der Waals surface area (Å²) in [4.78, 5) is 4.85. The molecule has 2 nitrogen and oxygen atoms in total. The van der Waals surface area contributed by atoms with E-state index in [2.05, 4.69) is 25.4 Å². The molecule has 2 unspecified atom stereocenters. The maximum atomic E-state index is 4.85. The minimum atomic E-state index is 0.738. The Bertz CT molecular complexity index is 165. The van der Waals surface area contributed by atoms with Gasteiger partial charge in [-0.1, -0.05) is 18.6 Å². The minimum absolute atomic E-state index is 0.738. The van der Waals surface area contributed by atoms with Gasteiger partial charge in [-0.15, -0.1) is 0 Å². The van der Waals surface area contributed by atoms with Crippen molar-refractivity contribution in [2.75, 3.05) is 13.7 Å². The maximum absolute atomic E-state index is 4.85. The third-order valence-electron chi connectivity index (χ3n) is 2.40. The highest BCUT2D eigenvalue weighted by molar-refractivity contribution is 5.06. The van der Waals surface area contributed by atoms with Crippen LogP contribution in [0.15, 0.2) is 11.6 Å². The van der Waals surface area contributed by atoms with E-state index in [1.165, 1.54) is 18.4 Å². The monoisotopic (exact) mass is 169 g/mol. The number of hydrogen-bond donors (Lipinski definition) is 1. The second-order valence-corrected chi connectivity index (χ2v) is 3.85. The molecule has 0 fully saturated rings. The Morgan fingerprint density at radius 1 is 1.67 bits per heavy atom. The Labute approximate surface area is 74.9 Å². The third kappa shape index (κ3) is 2.95. The van der Waals surface area contributed by atoms with E-state index >= 15 is 0 Å². The molecule has 0 saturated carbocycles. The minimum Gasteiger partial charge on any atom is -0.305 e. The predicted molar refractivity (Wildman–Crippen MR) is 50.7 cm³/mol. The summed E-state index contributed by atoms with van der Waals surface area (Å²) < 4.78 is 0. The lowest BCUT2D eigenvalue weighted by atomic mass is 9.84. The smallest absolute Gasteiger partial charge is 0.0572 e. The molecule has 1 aliphatic carbocycles. The van der Waals surface area contributed by atoms with Gasteiger partial charge in [0.2, 0.25) is 0 Å². The third-order valence-corrected chi connectivity index (χ3v) is 2.40. The van der Waals surface area contributed by atoms with Gasteiger partial charge in [0.25, 0.3) is 0 Å². The van der Waals surface area contributed by atoms with Crippen LogP contribution in [0.2, 0.25) is 0 Å². The van der Waals surface area contributed by atoms with Crippen molar-refractivity contribution >= 4 is 0 Å². The summed E-state index contributed by atoms with van der Waals surface area (Å²) in [5.41, 5.74) is 4.46. The number of hydrogen-bond acceptors (Lipinski definition) is 2. The zero-order chi connectivity index (χ0) is 8.97. The topological polar surface area (TPSA) is 21.3 Å². The average molecular weight is 169 g/mol. The van der Waals surface area contributed by atoms with Crippen LogP contribution >= 0.6 is 0 Å². The van der Waals surface area contributed by atoms with Gasteiger partial charge >= 0.3 is 0 Å². The molecule has 70 valence electrons. The molecular weight excluding hydrogens is 150 g/mol. The van der Waals surface area contributed by atoms with Crippen LogP contribution in [0.5, 0.6) is 0 Å². The summed E-state index contributed by atoms with van der Waals surface area (Å²) in [6.07, 6.45) is 4.89. The lowest BCUT2D eigenvalue weighted by Gasteiger charge is -2.25. The molecule has 0 bridgehead atoms. The molecule has 0 radical (unpaired) electrons. The second kappa shape index (κ2) is 4.63. The summed E-state index contributed by atoms with van der Waals surface area (Å²) in [6.45, 7) is 5.48. The Morgan fingerprint density at radius 3 is 3.00 bits per heavy atom.